The summed E-state index contributed by atoms with van der Waals surface area (Å²) >= 11 is 0. The highest BCUT2D eigenvalue weighted by molar-refractivity contribution is 5.85. The molecule has 0 spiro atoms. The van der Waals surface area contributed by atoms with Gasteiger partial charge in [0.15, 0.2) is 0 Å². The number of piperidine rings is 1. The maximum atomic E-state index is 12.4. The highest BCUT2D eigenvalue weighted by Crippen LogP contribution is 2.49. The number of fused-ring (bicyclic) bond motifs is 6. The quantitative estimate of drug-likeness (QED) is 0.773. The van der Waals surface area contributed by atoms with Crippen molar-refractivity contribution in [2.75, 3.05) is 20.2 Å². The van der Waals surface area contributed by atoms with E-state index in [0.717, 1.165) is 32.4 Å². The number of esters is 1. The summed E-state index contributed by atoms with van der Waals surface area (Å²) in [4.78, 5) is 18.6. The first-order chi connectivity index (χ1) is 12.7. The van der Waals surface area contributed by atoms with E-state index in [2.05, 4.69) is 34.1 Å². The van der Waals surface area contributed by atoms with Gasteiger partial charge in [0.05, 0.1) is 25.2 Å². The zero-order valence-electron chi connectivity index (χ0n) is 15.1. The molecule has 26 heavy (non-hydrogen) atoms. The Morgan fingerprint density at radius 3 is 3.00 bits per heavy atom. The second-order valence-corrected chi connectivity index (χ2v) is 8.18. The molecule has 2 aromatic rings. The van der Waals surface area contributed by atoms with E-state index < -0.39 is 6.10 Å². The standard InChI is InChI=1S/C21H26N2O3/c1-26-21(25)19-15-10-17-20-14(13-4-2-3-5-16(13)22-20)8-9-23(17)11-12(15)6-7-18(19)24/h2-5,12,15,17-19,22,24H,6-11H2,1H3/t12-,15?,17+,18+,19+/m1/s1. The zero-order valence-corrected chi connectivity index (χ0v) is 15.1. The van der Waals surface area contributed by atoms with Gasteiger partial charge in [0, 0.05) is 29.7 Å². The number of aromatic amines is 1. The number of para-hydroxylation sites is 1. The van der Waals surface area contributed by atoms with Crippen LogP contribution in [0, 0.1) is 17.8 Å². The van der Waals surface area contributed by atoms with Gasteiger partial charge >= 0.3 is 5.97 Å². The molecule has 0 bridgehead atoms. The van der Waals surface area contributed by atoms with Crippen LogP contribution in [0.3, 0.4) is 0 Å². The minimum atomic E-state index is -0.568. The Labute approximate surface area is 153 Å². The number of carbonyl (C=O) groups is 1. The maximum absolute atomic E-state index is 12.4. The molecule has 3 aliphatic rings. The smallest absolute Gasteiger partial charge is 0.311 e. The summed E-state index contributed by atoms with van der Waals surface area (Å²) in [7, 11) is 1.43. The van der Waals surface area contributed by atoms with Crippen molar-refractivity contribution in [1.29, 1.82) is 0 Å². The van der Waals surface area contributed by atoms with Crippen molar-refractivity contribution >= 4 is 16.9 Å². The zero-order chi connectivity index (χ0) is 17.8. The molecule has 0 radical (unpaired) electrons. The normalized spacial score (nSPS) is 34.0. The van der Waals surface area contributed by atoms with Crippen LogP contribution in [0.5, 0.6) is 0 Å². The summed E-state index contributed by atoms with van der Waals surface area (Å²) < 4.78 is 5.04. The van der Waals surface area contributed by atoms with Crippen molar-refractivity contribution in [1.82, 2.24) is 9.88 Å². The first kappa shape index (κ1) is 16.3. The largest absolute Gasteiger partial charge is 0.469 e. The second-order valence-electron chi connectivity index (χ2n) is 8.18. The molecule has 5 nitrogen and oxygen atoms in total. The summed E-state index contributed by atoms with van der Waals surface area (Å²) in [5, 5.41) is 11.8. The molecule has 5 rings (SSSR count). The van der Waals surface area contributed by atoms with Gasteiger partial charge < -0.3 is 14.8 Å². The first-order valence-corrected chi connectivity index (χ1v) is 9.76. The third-order valence-electron chi connectivity index (χ3n) is 7.02. The predicted octanol–water partition coefficient (Wildman–Crippen LogP) is 2.65. The fourth-order valence-corrected chi connectivity index (χ4v) is 5.80. The molecule has 1 aromatic carbocycles. The first-order valence-electron chi connectivity index (χ1n) is 9.76. The summed E-state index contributed by atoms with van der Waals surface area (Å²) in [5.41, 5.74) is 3.96. The lowest BCUT2D eigenvalue weighted by molar-refractivity contribution is -0.160. The Bertz CT molecular complexity index is 845. The number of carbonyl (C=O) groups excluding carboxylic acids is 1. The van der Waals surface area contributed by atoms with Gasteiger partial charge in [-0.1, -0.05) is 18.2 Å². The average molecular weight is 354 g/mol. The molecule has 0 amide bonds. The summed E-state index contributed by atoms with van der Waals surface area (Å²) in [6, 6.07) is 8.83. The molecular weight excluding hydrogens is 328 g/mol. The van der Waals surface area contributed by atoms with Crippen molar-refractivity contribution in [3.8, 4) is 0 Å². The molecule has 1 aliphatic carbocycles. The molecule has 1 aromatic heterocycles. The molecule has 2 N–H and O–H groups in total. The molecule has 5 heteroatoms. The topological polar surface area (TPSA) is 65.6 Å². The number of nitrogens with zero attached hydrogens (tertiary/aromatic N) is 1. The molecule has 138 valence electrons. The van der Waals surface area contributed by atoms with Crippen LogP contribution < -0.4 is 0 Å². The summed E-state index contributed by atoms with van der Waals surface area (Å²) in [6.45, 7) is 2.10. The van der Waals surface area contributed by atoms with Gasteiger partial charge in [0.2, 0.25) is 0 Å². The fraction of sp³-hybridized carbons (Fsp3) is 0.571. The van der Waals surface area contributed by atoms with Gasteiger partial charge in [-0.15, -0.1) is 0 Å². The number of ether oxygens (including phenoxy) is 1. The fourth-order valence-electron chi connectivity index (χ4n) is 5.80. The third kappa shape index (κ3) is 2.33. The Balaban J connectivity index is 1.52. The van der Waals surface area contributed by atoms with Crippen molar-refractivity contribution in [2.45, 2.75) is 37.8 Å². The van der Waals surface area contributed by atoms with Gasteiger partial charge in [-0.3, -0.25) is 9.69 Å². The van der Waals surface area contributed by atoms with E-state index in [0.29, 0.717) is 18.4 Å². The van der Waals surface area contributed by atoms with Crippen molar-refractivity contribution in [3.63, 3.8) is 0 Å². The lowest BCUT2D eigenvalue weighted by Gasteiger charge is -2.50. The van der Waals surface area contributed by atoms with Crippen molar-refractivity contribution < 1.29 is 14.6 Å². The summed E-state index contributed by atoms with van der Waals surface area (Å²) in [6.07, 6.45) is 3.14. The maximum Gasteiger partial charge on any atom is 0.311 e. The van der Waals surface area contributed by atoms with E-state index >= 15 is 0 Å². The highest BCUT2D eigenvalue weighted by atomic mass is 16.5. The monoisotopic (exact) mass is 354 g/mol. The van der Waals surface area contributed by atoms with E-state index in [1.165, 1.54) is 29.3 Å². The number of aromatic nitrogens is 1. The Hall–Kier alpha value is -1.85. The predicted molar refractivity (Wildman–Crippen MR) is 98.7 cm³/mol. The number of rotatable bonds is 1. The van der Waals surface area contributed by atoms with Gasteiger partial charge in [-0.2, -0.15) is 0 Å². The number of aliphatic hydroxyl groups is 1. The number of hydrogen-bond donors (Lipinski definition) is 2. The molecule has 1 saturated carbocycles. The number of methoxy groups -OCH3 is 1. The van der Waals surface area contributed by atoms with Gasteiger partial charge in [0.25, 0.3) is 0 Å². The van der Waals surface area contributed by atoms with Gasteiger partial charge in [-0.05, 0) is 49.1 Å². The van der Waals surface area contributed by atoms with E-state index in [1.807, 2.05) is 0 Å². The molecule has 1 saturated heterocycles. The van der Waals surface area contributed by atoms with E-state index in [9.17, 15) is 9.90 Å². The second kappa shape index (κ2) is 6.10. The Kier molecular flexibility index (Phi) is 3.83. The van der Waals surface area contributed by atoms with Crippen LogP contribution in [-0.4, -0.2) is 47.3 Å². The average Bonchev–Trinajstić information content (AvgIpc) is 3.05. The van der Waals surface area contributed by atoms with Crippen LogP contribution in [-0.2, 0) is 16.0 Å². The van der Waals surface area contributed by atoms with Gasteiger partial charge in [-0.25, -0.2) is 0 Å². The number of H-pyrrole nitrogens is 1. The Morgan fingerprint density at radius 1 is 1.31 bits per heavy atom. The number of nitrogens with one attached hydrogen (secondary N) is 1. The van der Waals surface area contributed by atoms with Crippen molar-refractivity contribution in [2.24, 2.45) is 17.8 Å². The highest BCUT2D eigenvalue weighted by Gasteiger charge is 2.49. The lowest BCUT2D eigenvalue weighted by atomic mass is 9.65. The third-order valence-corrected chi connectivity index (χ3v) is 7.02. The summed E-state index contributed by atoms with van der Waals surface area (Å²) in [5.74, 6) is 0.0541. The minimum Gasteiger partial charge on any atom is -0.469 e. The number of benzene rings is 1. The van der Waals surface area contributed by atoms with Crippen LogP contribution in [0.4, 0.5) is 0 Å². The molecule has 3 heterocycles. The molecule has 1 unspecified atom stereocenters. The van der Waals surface area contributed by atoms with E-state index in [4.69, 9.17) is 4.74 Å². The molecule has 5 atom stereocenters. The number of aliphatic hydroxyl groups excluding tert-OH is 1. The van der Waals surface area contributed by atoms with Crippen LogP contribution in [0.15, 0.2) is 24.3 Å². The lowest BCUT2D eigenvalue weighted by Crippen LogP contribution is -2.53. The SMILES string of the molecule is COC(=O)[C@H]1C2C[C@H]3c4[nH]c5ccccc5c4CCN3C[C@H]2CC[C@@H]1O. The van der Waals surface area contributed by atoms with Crippen molar-refractivity contribution in [3.05, 3.63) is 35.5 Å². The molecular formula is C21H26N2O3. The van der Waals surface area contributed by atoms with Crippen LogP contribution in [0.2, 0.25) is 0 Å². The van der Waals surface area contributed by atoms with E-state index in [1.54, 1.807) is 0 Å². The van der Waals surface area contributed by atoms with Crippen LogP contribution in [0.1, 0.15) is 36.6 Å². The van der Waals surface area contributed by atoms with Crippen LogP contribution in [0.25, 0.3) is 10.9 Å². The van der Waals surface area contributed by atoms with Gasteiger partial charge in [0.1, 0.15) is 0 Å². The van der Waals surface area contributed by atoms with Crippen LogP contribution >= 0.6 is 0 Å². The minimum absolute atomic E-state index is 0.199. The molecule has 2 aliphatic heterocycles. The Morgan fingerprint density at radius 2 is 2.15 bits per heavy atom. The molecule has 2 fully saturated rings. The van der Waals surface area contributed by atoms with E-state index in [-0.39, 0.29) is 17.8 Å². The number of hydrogen-bond acceptors (Lipinski definition) is 4.